The van der Waals surface area contributed by atoms with Crippen molar-refractivity contribution in [2.75, 3.05) is 34.4 Å². The van der Waals surface area contributed by atoms with Crippen LogP contribution in [0.5, 0.6) is 11.5 Å². The number of benzene rings is 2. The van der Waals surface area contributed by atoms with E-state index < -0.39 is 10.0 Å². The highest BCUT2D eigenvalue weighted by Gasteiger charge is 2.19. The molecule has 0 bridgehead atoms. The highest BCUT2D eigenvalue weighted by molar-refractivity contribution is 7.89. The van der Waals surface area contributed by atoms with Gasteiger partial charge in [-0.05, 0) is 61.2 Å². The van der Waals surface area contributed by atoms with Crippen LogP contribution in [0.4, 0.5) is 0 Å². The Hall–Kier alpha value is -2.58. The Morgan fingerprint density at radius 3 is 2.47 bits per heavy atom. The zero-order valence-corrected chi connectivity index (χ0v) is 19.0. The van der Waals surface area contributed by atoms with Gasteiger partial charge >= 0.3 is 0 Å². The third-order valence-corrected chi connectivity index (χ3v) is 6.49. The third kappa shape index (κ3) is 6.21. The zero-order valence-electron chi connectivity index (χ0n) is 18.2. The molecule has 2 aromatic carbocycles. The standard InChI is InChI=1S/C22H30N2O5S/c1-16-6-7-17(2)21(14-16)29-13-12-23-22(25)11-8-18-15-19(9-10-20(18)28-5)30(26,27)24(3)4/h6-7,9-10,14-15H,8,11-13H2,1-5H3,(H,23,25). The lowest BCUT2D eigenvalue weighted by molar-refractivity contribution is -0.121. The molecule has 0 spiro atoms. The number of nitrogens with one attached hydrogen (secondary N) is 1. The summed E-state index contributed by atoms with van der Waals surface area (Å²) in [7, 11) is 0.923. The minimum Gasteiger partial charge on any atom is -0.496 e. The molecule has 30 heavy (non-hydrogen) atoms. The number of sulfonamides is 1. The summed E-state index contributed by atoms with van der Waals surface area (Å²) < 4.78 is 36.9. The Balaban J connectivity index is 1.90. The van der Waals surface area contributed by atoms with E-state index in [0.717, 1.165) is 21.2 Å². The number of nitrogens with zero attached hydrogens (tertiary/aromatic N) is 1. The molecule has 0 aliphatic heterocycles. The van der Waals surface area contributed by atoms with Crippen molar-refractivity contribution >= 4 is 15.9 Å². The lowest BCUT2D eigenvalue weighted by atomic mass is 10.1. The Morgan fingerprint density at radius 2 is 1.80 bits per heavy atom. The van der Waals surface area contributed by atoms with Crippen molar-refractivity contribution in [3.05, 3.63) is 53.1 Å². The first-order valence-corrected chi connectivity index (χ1v) is 11.2. The van der Waals surface area contributed by atoms with Crippen molar-refractivity contribution in [1.82, 2.24) is 9.62 Å². The molecule has 0 unspecified atom stereocenters. The van der Waals surface area contributed by atoms with Gasteiger partial charge in [0, 0.05) is 20.5 Å². The summed E-state index contributed by atoms with van der Waals surface area (Å²) in [4.78, 5) is 12.4. The fourth-order valence-electron chi connectivity index (χ4n) is 2.87. The van der Waals surface area contributed by atoms with Crippen molar-refractivity contribution < 1.29 is 22.7 Å². The molecular formula is C22H30N2O5S. The van der Waals surface area contributed by atoms with Crippen LogP contribution in [0.2, 0.25) is 0 Å². The topological polar surface area (TPSA) is 84.9 Å². The molecule has 2 aromatic rings. The predicted molar refractivity (Wildman–Crippen MR) is 117 cm³/mol. The van der Waals surface area contributed by atoms with Gasteiger partial charge in [-0.1, -0.05) is 12.1 Å². The molecule has 7 nitrogen and oxygen atoms in total. The van der Waals surface area contributed by atoms with Crippen molar-refractivity contribution in [2.24, 2.45) is 0 Å². The molecule has 2 rings (SSSR count). The molecule has 164 valence electrons. The quantitative estimate of drug-likeness (QED) is 0.581. The molecule has 1 amide bonds. The second-order valence-electron chi connectivity index (χ2n) is 7.23. The van der Waals surface area contributed by atoms with Crippen molar-refractivity contribution in [1.29, 1.82) is 0 Å². The SMILES string of the molecule is COc1ccc(S(=O)(=O)N(C)C)cc1CCC(=O)NCCOc1cc(C)ccc1C. The maximum Gasteiger partial charge on any atom is 0.242 e. The Kier molecular flexibility index (Phi) is 8.25. The van der Waals surface area contributed by atoms with E-state index >= 15 is 0 Å². The number of amides is 1. The van der Waals surface area contributed by atoms with Crippen molar-refractivity contribution in [2.45, 2.75) is 31.6 Å². The average molecular weight is 435 g/mol. The van der Waals surface area contributed by atoms with Crippen LogP contribution in [-0.2, 0) is 21.2 Å². The van der Waals surface area contributed by atoms with E-state index in [9.17, 15) is 13.2 Å². The van der Waals surface area contributed by atoms with Crippen LogP contribution in [0, 0.1) is 13.8 Å². The normalized spacial score (nSPS) is 11.4. The fraction of sp³-hybridized carbons (Fsp3) is 0.409. The maximum atomic E-state index is 12.4. The van der Waals surface area contributed by atoms with Crippen LogP contribution in [0.25, 0.3) is 0 Å². The van der Waals surface area contributed by atoms with E-state index in [2.05, 4.69) is 5.32 Å². The summed E-state index contributed by atoms with van der Waals surface area (Å²) in [5, 5.41) is 2.83. The van der Waals surface area contributed by atoms with Crippen LogP contribution < -0.4 is 14.8 Å². The Bertz CT molecular complexity index is 987. The van der Waals surface area contributed by atoms with E-state index in [1.165, 1.54) is 27.3 Å². The molecule has 0 fully saturated rings. The lowest BCUT2D eigenvalue weighted by Crippen LogP contribution is -2.28. The average Bonchev–Trinajstić information content (AvgIpc) is 2.71. The first-order chi connectivity index (χ1) is 14.1. The lowest BCUT2D eigenvalue weighted by Gasteiger charge is -2.15. The summed E-state index contributed by atoms with van der Waals surface area (Å²) >= 11 is 0. The molecular weight excluding hydrogens is 404 g/mol. The molecule has 0 saturated carbocycles. The maximum absolute atomic E-state index is 12.4. The number of aryl methyl sites for hydroxylation is 3. The molecule has 0 saturated heterocycles. The number of methoxy groups -OCH3 is 1. The van der Waals surface area contributed by atoms with Gasteiger partial charge in [-0.2, -0.15) is 0 Å². The van der Waals surface area contributed by atoms with Gasteiger partial charge in [-0.15, -0.1) is 0 Å². The molecule has 0 radical (unpaired) electrons. The third-order valence-electron chi connectivity index (χ3n) is 4.68. The van der Waals surface area contributed by atoms with Crippen LogP contribution in [0.3, 0.4) is 0 Å². The monoisotopic (exact) mass is 434 g/mol. The van der Waals surface area contributed by atoms with Gasteiger partial charge in [-0.3, -0.25) is 4.79 Å². The highest BCUT2D eigenvalue weighted by Crippen LogP contribution is 2.25. The van der Waals surface area contributed by atoms with E-state index in [1.807, 2.05) is 32.0 Å². The molecule has 0 aliphatic carbocycles. The minimum atomic E-state index is -3.55. The number of ether oxygens (including phenoxy) is 2. The molecule has 0 atom stereocenters. The Morgan fingerprint density at radius 1 is 1.07 bits per heavy atom. The molecule has 1 N–H and O–H groups in total. The van der Waals surface area contributed by atoms with Gasteiger partial charge in [0.05, 0.1) is 18.6 Å². The van der Waals surface area contributed by atoms with Crippen molar-refractivity contribution in [3.8, 4) is 11.5 Å². The highest BCUT2D eigenvalue weighted by atomic mass is 32.2. The van der Waals surface area contributed by atoms with E-state index in [4.69, 9.17) is 9.47 Å². The minimum absolute atomic E-state index is 0.137. The van der Waals surface area contributed by atoms with Gasteiger partial charge in [-0.25, -0.2) is 12.7 Å². The van der Waals surface area contributed by atoms with Gasteiger partial charge in [0.1, 0.15) is 18.1 Å². The summed E-state index contributed by atoms with van der Waals surface area (Å²) in [6, 6.07) is 10.7. The van der Waals surface area contributed by atoms with Crippen LogP contribution in [0.1, 0.15) is 23.1 Å². The molecule has 0 aromatic heterocycles. The molecule has 8 heteroatoms. The number of hydrogen-bond acceptors (Lipinski definition) is 5. The summed E-state index contributed by atoms with van der Waals surface area (Å²) in [5.41, 5.74) is 2.83. The molecule has 0 aliphatic rings. The van der Waals surface area contributed by atoms with Crippen LogP contribution in [-0.4, -0.2) is 53.0 Å². The van der Waals surface area contributed by atoms with Crippen molar-refractivity contribution in [3.63, 3.8) is 0 Å². The van der Waals surface area contributed by atoms with Gasteiger partial charge < -0.3 is 14.8 Å². The summed E-state index contributed by atoms with van der Waals surface area (Å²) in [5.74, 6) is 1.23. The summed E-state index contributed by atoms with van der Waals surface area (Å²) in [6.07, 6.45) is 0.578. The number of carbonyl (C=O) groups is 1. The molecule has 0 heterocycles. The van der Waals surface area contributed by atoms with E-state index in [0.29, 0.717) is 30.9 Å². The second kappa shape index (κ2) is 10.4. The largest absolute Gasteiger partial charge is 0.496 e. The summed E-state index contributed by atoms with van der Waals surface area (Å²) in [6.45, 7) is 4.74. The first kappa shape index (κ1) is 23.7. The van der Waals surface area contributed by atoms with E-state index in [-0.39, 0.29) is 17.2 Å². The smallest absolute Gasteiger partial charge is 0.242 e. The Labute approximate surface area is 179 Å². The first-order valence-electron chi connectivity index (χ1n) is 9.71. The zero-order chi connectivity index (χ0) is 22.3. The number of rotatable bonds is 10. The second-order valence-corrected chi connectivity index (χ2v) is 9.38. The van der Waals surface area contributed by atoms with E-state index in [1.54, 1.807) is 12.1 Å². The number of hydrogen-bond donors (Lipinski definition) is 1. The predicted octanol–water partition coefficient (Wildman–Crippen LogP) is 2.69. The van der Waals surface area contributed by atoms with Crippen LogP contribution >= 0.6 is 0 Å². The fourth-order valence-corrected chi connectivity index (χ4v) is 3.83. The van der Waals surface area contributed by atoms with Gasteiger partial charge in [0.25, 0.3) is 0 Å². The number of carbonyl (C=O) groups excluding carboxylic acids is 1. The van der Waals surface area contributed by atoms with Gasteiger partial charge in [0.2, 0.25) is 15.9 Å². The van der Waals surface area contributed by atoms with Crippen LogP contribution in [0.15, 0.2) is 41.3 Å². The van der Waals surface area contributed by atoms with Gasteiger partial charge in [0.15, 0.2) is 0 Å².